The second kappa shape index (κ2) is 10.9. The average Bonchev–Trinajstić information content (AvgIpc) is 2.67. The molecule has 5 nitrogen and oxygen atoms in total. The van der Waals surface area contributed by atoms with Gasteiger partial charge in [0.25, 0.3) is 0 Å². The van der Waals surface area contributed by atoms with Crippen molar-refractivity contribution >= 4 is 0 Å². The van der Waals surface area contributed by atoms with E-state index in [1.54, 1.807) is 14.2 Å². The van der Waals surface area contributed by atoms with Gasteiger partial charge in [0.1, 0.15) is 11.5 Å². The van der Waals surface area contributed by atoms with Crippen LogP contribution in [-0.4, -0.2) is 49.5 Å². The summed E-state index contributed by atoms with van der Waals surface area (Å²) < 4.78 is 16.4. The Labute approximate surface area is 162 Å². The number of hydrogen-bond donors (Lipinski definition) is 1. The third-order valence-electron chi connectivity index (χ3n) is 4.39. The van der Waals surface area contributed by atoms with E-state index in [2.05, 4.69) is 18.7 Å². The smallest absolute Gasteiger partial charge is 0.122 e. The van der Waals surface area contributed by atoms with Crippen LogP contribution in [0.2, 0.25) is 0 Å². The molecule has 148 valence electrons. The first-order chi connectivity index (χ1) is 13.0. The van der Waals surface area contributed by atoms with Gasteiger partial charge in [0.15, 0.2) is 0 Å². The third-order valence-corrected chi connectivity index (χ3v) is 4.39. The van der Waals surface area contributed by atoms with Crippen LogP contribution >= 0.6 is 0 Å². The highest BCUT2D eigenvalue weighted by Crippen LogP contribution is 2.24. The lowest BCUT2D eigenvalue weighted by Crippen LogP contribution is -2.38. The number of hydrogen-bond acceptors (Lipinski definition) is 5. The molecule has 0 aliphatic rings. The summed E-state index contributed by atoms with van der Waals surface area (Å²) in [5, 5.41) is 10.4. The summed E-state index contributed by atoms with van der Waals surface area (Å²) >= 11 is 0. The van der Waals surface area contributed by atoms with E-state index in [-0.39, 0.29) is 6.04 Å². The van der Waals surface area contributed by atoms with Crippen LogP contribution in [-0.2, 0) is 17.9 Å². The molecule has 5 heteroatoms. The van der Waals surface area contributed by atoms with E-state index in [9.17, 15) is 5.11 Å². The molecule has 0 aliphatic heterocycles. The number of methoxy groups -OCH3 is 2. The molecule has 27 heavy (non-hydrogen) atoms. The minimum absolute atomic E-state index is 0.283. The van der Waals surface area contributed by atoms with Crippen molar-refractivity contribution in [3.8, 4) is 11.5 Å². The van der Waals surface area contributed by atoms with Crippen molar-refractivity contribution in [2.45, 2.75) is 39.1 Å². The van der Waals surface area contributed by atoms with E-state index in [0.717, 1.165) is 22.6 Å². The molecule has 0 bridgehead atoms. The minimum atomic E-state index is -0.552. The lowest BCUT2D eigenvalue weighted by atomic mass is 10.1. The zero-order valence-corrected chi connectivity index (χ0v) is 16.7. The van der Waals surface area contributed by atoms with Gasteiger partial charge in [0.05, 0.1) is 33.5 Å². The van der Waals surface area contributed by atoms with Crippen LogP contribution in [0.1, 0.15) is 25.0 Å². The summed E-state index contributed by atoms with van der Waals surface area (Å²) in [6, 6.07) is 16.1. The van der Waals surface area contributed by atoms with E-state index in [1.807, 2.05) is 48.5 Å². The molecule has 0 spiro atoms. The SMILES string of the molecule is COc1cc(CN(CC(O)COCc2ccccc2)C(C)C)cc(OC)c1. The fourth-order valence-corrected chi connectivity index (χ4v) is 2.86. The van der Waals surface area contributed by atoms with Crippen molar-refractivity contribution in [2.75, 3.05) is 27.4 Å². The quantitative estimate of drug-likeness (QED) is 0.653. The van der Waals surface area contributed by atoms with Gasteiger partial charge >= 0.3 is 0 Å². The van der Waals surface area contributed by atoms with E-state index >= 15 is 0 Å². The van der Waals surface area contributed by atoms with Crippen molar-refractivity contribution < 1.29 is 19.3 Å². The van der Waals surface area contributed by atoms with Crippen LogP contribution in [0.5, 0.6) is 11.5 Å². The third kappa shape index (κ3) is 7.21. The number of ether oxygens (including phenoxy) is 3. The number of rotatable bonds is 11. The van der Waals surface area contributed by atoms with E-state index in [0.29, 0.717) is 26.3 Å². The highest BCUT2D eigenvalue weighted by molar-refractivity contribution is 5.38. The van der Waals surface area contributed by atoms with Crippen LogP contribution in [0.25, 0.3) is 0 Å². The summed E-state index contributed by atoms with van der Waals surface area (Å²) in [4.78, 5) is 2.21. The summed E-state index contributed by atoms with van der Waals surface area (Å²) in [5.74, 6) is 1.53. The van der Waals surface area contributed by atoms with Gasteiger partial charge in [-0.2, -0.15) is 0 Å². The molecule has 0 aromatic heterocycles. The fraction of sp³-hybridized carbons (Fsp3) is 0.455. The Hall–Kier alpha value is -2.08. The second-order valence-electron chi connectivity index (χ2n) is 6.90. The molecule has 1 unspecified atom stereocenters. The first-order valence-corrected chi connectivity index (χ1v) is 9.27. The van der Waals surface area contributed by atoms with E-state index < -0.39 is 6.10 Å². The predicted octanol–water partition coefficient (Wildman–Crippen LogP) is 3.49. The Morgan fingerprint density at radius 2 is 1.56 bits per heavy atom. The first-order valence-electron chi connectivity index (χ1n) is 9.27. The molecular formula is C22H31NO4. The van der Waals surface area contributed by atoms with Gasteiger partial charge in [0.2, 0.25) is 0 Å². The van der Waals surface area contributed by atoms with Gasteiger partial charge in [-0.1, -0.05) is 30.3 Å². The van der Waals surface area contributed by atoms with Crippen LogP contribution < -0.4 is 9.47 Å². The number of benzene rings is 2. The van der Waals surface area contributed by atoms with Crippen molar-refractivity contribution in [2.24, 2.45) is 0 Å². The average molecular weight is 373 g/mol. The fourth-order valence-electron chi connectivity index (χ4n) is 2.86. The Kier molecular flexibility index (Phi) is 8.58. The van der Waals surface area contributed by atoms with Gasteiger partial charge in [-0.05, 0) is 37.1 Å². The molecular weight excluding hydrogens is 342 g/mol. The Morgan fingerprint density at radius 1 is 0.926 bits per heavy atom. The molecule has 0 heterocycles. The van der Waals surface area contributed by atoms with E-state index in [4.69, 9.17) is 14.2 Å². The molecule has 2 rings (SSSR count). The lowest BCUT2D eigenvalue weighted by Gasteiger charge is -2.29. The molecule has 0 saturated heterocycles. The second-order valence-corrected chi connectivity index (χ2v) is 6.90. The standard InChI is InChI=1S/C22H31NO4/c1-17(2)23(13-19-10-21(25-3)12-22(11-19)26-4)14-20(24)16-27-15-18-8-6-5-7-9-18/h5-12,17,20,24H,13-16H2,1-4H3. The Bertz CT molecular complexity index is 653. The first kappa shape index (κ1) is 21.2. The lowest BCUT2D eigenvalue weighted by molar-refractivity contribution is 0.00312. The maximum atomic E-state index is 10.4. The van der Waals surface area contributed by atoms with Gasteiger partial charge < -0.3 is 19.3 Å². The highest BCUT2D eigenvalue weighted by Gasteiger charge is 2.16. The van der Waals surface area contributed by atoms with Crippen LogP contribution in [0.15, 0.2) is 48.5 Å². The van der Waals surface area contributed by atoms with E-state index in [1.165, 1.54) is 0 Å². The van der Waals surface area contributed by atoms with Crippen molar-refractivity contribution in [1.82, 2.24) is 4.90 Å². The van der Waals surface area contributed by atoms with Crippen LogP contribution in [0.3, 0.4) is 0 Å². The van der Waals surface area contributed by atoms with Crippen LogP contribution in [0, 0.1) is 0 Å². The molecule has 0 fully saturated rings. The number of nitrogens with zero attached hydrogens (tertiary/aromatic N) is 1. The van der Waals surface area contributed by atoms with Gasteiger partial charge in [-0.15, -0.1) is 0 Å². The number of aliphatic hydroxyl groups excluding tert-OH is 1. The van der Waals surface area contributed by atoms with Gasteiger partial charge in [-0.3, -0.25) is 4.90 Å². The Morgan fingerprint density at radius 3 is 2.11 bits per heavy atom. The zero-order valence-electron chi connectivity index (χ0n) is 16.7. The maximum Gasteiger partial charge on any atom is 0.122 e. The molecule has 1 N–H and O–H groups in total. The molecule has 2 aromatic rings. The molecule has 0 amide bonds. The molecule has 2 aromatic carbocycles. The zero-order chi connectivity index (χ0) is 19.6. The largest absolute Gasteiger partial charge is 0.497 e. The normalized spacial score (nSPS) is 12.4. The summed E-state index contributed by atoms with van der Waals surface area (Å²) in [6.45, 7) is 6.28. The van der Waals surface area contributed by atoms with Gasteiger partial charge in [-0.25, -0.2) is 0 Å². The van der Waals surface area contributed by atoms with Crippen molar-refractivity contribution in [3.63, 3.8) is 0 Å². The van der Waals surface area contributed by atoms with Crippen molar-refractivity contribution in [1.29, 1.82) is 0 Å². The molecule has 0 aliphatic carbocycles. The molecule has 0 saturated carbocycles. The maximum absolute atomic E-state index is 10.4. The highest BCUT2D eigenvalue weighted by atomic mass is 16.5. The van der Waals surface area contributed by atoms with Gasteiger partial charge in [0, 0.05) is 25.2 Å². The summed E-state index contributed by atoms with van der Waals surface area (Å²) in [7, 11) is 3.29. The van der Waals surface area contributed by atoms with Crippen molar-refractivity contribution in [3.05, 3.63) is 59.7 Å². The monoisotopic (exact) mass is 373 g/mol. The number of aliphatic hydroxyl groups is 1. The minimum Gasteiger partial charge on any atom is -0.497 e. The van der Waals surface area contributed by atoms with Crippen LogP contribution in [0.4, 0.5) is 0 Å². The topological polar surface area (TPSA) is 51.2 Å². The summed E-state index contributed by atoms with van der Waals surface area (Å²) in [5.41, 5.74) is 2.19. The predicted molar refractivity (Wildman–Crippen MR) is 107 cm³/mol. The molecule has 1 atom stereocenters. The molecule has 0 radical (unpaired) electrons. The summed E-state index contributed by atoms with van der Waals surface area (Å²) in [6.07, 6.45) is -0.552. The Balaban J connectivity index is 1.90.